The summed E-state index contributed by atoms with van der Waals surface area (Å²) in [5, 5.41) is 9.26. The zero-order valence-electron chi connectivity index (χ0n) is 6.29. The van der Waals surface area contributed by atoms with E-state index in [1.54, 1.807) is 6.20 Å². The van der Waals surface area contributed by atoms with Gasteiger partial charge in [-0.05, 0) is 24.6 Å². The maximum Gasteiger partial charge on any atom is 0.109 e. The third-order valence-electron chi connectivity index (χ3n) is 1.42. The highest BCUT2D eigenvalue weighted by Crippen LogP contribution is 2.11. The van der Waals surface area contributed by atoms with E-state index >= 15 is 0 Å². The minimum absolute atomic E-state index is 0.191. The Morgan fingerprint density at radius 1 is 1.73 bits per heavy atom. The van der Waals surface area contributed by atoms with Gasteiger partial charge in [0.2, 0.25) is 0 Å². The molecule has 1 rings (SSSR count). The van der Waals surface area contributed by atoms with Gasteiger partial charge in [-0.1, -0.05) is 0 Å². The minimum atomic E-state index is -0.642. The van der Waals surface area contributed by atoms with Crippen LogP contribution in [-0.4, -0.2) is 16.0 Å². The molecule has 11 heavy (non-hydrogen) atoms. The van der Waals surface area contributed by atoms with Crippen LogP contribution in [0.15, 0.2) is 18.3 Å². The molecule has 0 aliphatic rings. The van der Waals surface area contributed by atoms with Gasteiger partial charge in [0.15, 0.2) is 0 Å². The number of aryl methyl sites for hydroxylation is 1. The van der Waals surface area contributed by atoms with Crippen molar-refractivity contribution in [1.29, 1.82) is 0 Å². The quantitative estimate of drug-likeness (QED) is 0.687. The Morgan fingerprint density at radius 3 is 3.00 bits per heavy atom. The molecule has 60 valence electrons. The highest BCUT2D eigenvalue weighted by atomic mass is 35.5. The van der Waals surface area contributed by atoms with E-state index in [1.807, 2.05) is 19.1 Å². The molecule has 2 nitrogen and oxygen atoms in total. The van der Waals surface area contributed by atoms with Crippen LogP contribution in [0.25, 0.3) is 0 Å². The Morgan fingerprint density at radius 2 is 2.45 bits per heavy atom. The molecule has 0 radical (unpaired) electrons. The van der Waals surface area contributed by atoms with E-state index in [0.29, 0.717) is 5.69 Å². The molecule has 1 aromatic rings. The van der Waals surface area contributed by atoms with Gasteiger partial charge in [0.05, 0.1) is 11.6 Å². The standard InChI is InChI=1S/C8H10ClNO/c1-6-2-3-10-7(4-6)8(11)5-9/h2-4,8,11H,5H2,1H3. The van der Waals surface area contributed by atoms with Crippen molar-refractivity contribution in [2.45, 2.75) is 13.0 Å². The van der Waals surface area contributed by atoms with Gasteiger partial charge < -0.3 is 5.11 Å². The van der Waals surface area contributed by atoms with Crippen molar-refractivity contribution in [3.8, 4) is 0 Å². The van der Waals surface area contributed by atoms with Crippen LogP contribution in [0.4, 0.5) is 0 Å². The zero-order chi connectivity index (χ0) is 8.27. The molecule has 0 bridgehead atoms. The molecule has 0 saturated heterocycles. The lowest BCUT2D eigenvalue weighted by atomic mass is 10.2. The lowest BCUT2D eigenvalue weighted by Crippen LogP contribution is -2.01. The van der Waals surface area contributed by atoms with Crippen LogP contribution in [0.5, 0.6) is 0 Å². The van der Waals surface area contributed by atoms with E-state index in [1.165, 1.54) is 0 Å². The third-order valence-corrected chi connectivity index (χ3v) is 1.72. The largest absolute Gasteiger partial charge is 0.386 e. The fourth-order valence-corrected chi connectivity index (χ4v) is 0.979. The zero-order valence-corrected chi connectivity index (χ0v) is 7.04. The van der Waals surface area contributed by atoms with Crippen molar-refractivity contribution in [3.63, 3.8) is 0 Å². The summed E-state index contributed by atoms with van der Waals surface area (Å²) in [5.74, 6) is 0.191. The topological polar surface area (TPSA) is 33.1 Å². The molecule has 1 atom stereocenters. The molecule has 1 unspecified atom stereocenters. The van der Waals surface area contributed by atoms with Crippen molar-refractivity contribution in [1.82, 2.24) is 4.98 Å². The van der Waals surface area contributed by atoms with Gasteiger partial charge in [0.25, 0.3) is 0 Å². The smallest absolute Gasteiger partial charge is 0.109 e. The summed E-state index contributed by atoms with van der Waals surface area (Å²) in [5.41, 5.74) is 1.72. The fourth-order valence-electron chi connectivity index (χ4n) is 0.821. The Labute approximate surface area is 70.8 Å². The summed E-state index contributed by atoms with van der Waals surface area (Å²) in [6.07, 6.45) is 1.03. The molecule has 0 fully saturated rings. The number of hydrogen-bond acceptors (Lipinski definition) is 2. The molecule has 0 aliphatic heterocycles. The Bertz CT molecular complexity index is 239. The summed E-state index contributed by atoms with van der Waals surface area (Å²) in [6, 6.07) is 3.71. The molecule has 0 spiro atoms. The lowest BCUT2D eigenvalue weighted by Gasteiger charge is -2.05. The number of aliphatic hydroxyl groups excluding tert-OH is 1. The normalized spacial score (nSPS) is 13.0. The molecular formula is C8H10ClNO. The molecule has 1 N–H and O–H groups in total. The van der Waals surface area contributed by atoms with Gasteiger partial charge in [-0.25, -0.2) is 0 Å². The minimum Gasteiger partial charge on any atom is -0.386 e. The van der Waals surface area contributed by atoms with Gasteiger partial charge in [0, 0.05) is 6.20 Å². The van der Waals surface area contributed by atoms with Crippen LogP contribution < -0.4 is 0 Å². The monoisotopic (exact) mass is 171 g/mol. The summed E-state index contributed by atoms with van der Waals surface area (Å²) in [4.78, 5) is 3.98. The predicted molar refractivity (Wildman–Crippen MR) is 44.7 cm³/mol. The van der Waals surface area contributed by atoms with Crippen LogP contribution in [0, 0.1) is 6.92 Å². The average Bonchev–Trinajstić information content (AvgIpc) is 2.03. The molecule has 0 aromatic carbocycles. The number of pyridine rings is 1. The number of hydrogen-bond donors (Lipinski definition) is 1. The first kappa shape index (κ1) is 8.50. The number of rotatable bonds is 2. The summed E-state index contributed by atoms with van der Waals surface area (Å²) in [6.45, 7) is 1.95. The highest BCUT2D eigenvalue weighted by Gasteiger charge is 2.05. The van der Waals surface area contributed by atoms with Gasteiger partial charge in [-0.3, -0.25) is 4.98 Å². The number of halogens is 1. The molecule has 1 aromatic heterocycles. The van der Waals surface area contributed by atoms with Gasteiger partial charge in [0.1, 0.15) is 6.10 Å². The first-order valence-electron chi connectivity index (χ1n) is 3.40. The number of aliphatic hydroxyl groups is 1. The SMILES string of the molecule is Cc1ccnc(C(O)CCl)c1. The van der Waals surface area contributed by atoms with E-state index in [0.717, 1.165) is 5.56 Å². The number of aromatic nitrogens is 1. The van der Waals surface area contributed by atoms with E-state index < -0.39 is 6.10 Å². The summed E-state index contributed by atoms with van der Waals surface area (Å²) >= 11 is 5.45. The molecule has 0 saturated carbocycles. The Hall–Kier alpha value is -0.600. The van der Waals surface area contributed by atoms with Crippen molar-refractivity contribution in [2.75, 3.05) is 5.88 Å². The number of alkyl halides is 1. The van der Waals surface area contributed by atoms with Crippen molar-refractivity contribution < 1.29 is 5.11 Å². The van der Waals surface area contributed by atoms with E-state index in [-0.39, 0.29) is 5.88 Å². The first-order valence-corrected chi connectivity index (χ1v) is 3.94. The molecular weight excluding hydrogens is 162 g/mol. The van der Waals surface area contributed by atoms with Crippen molar-refractivity contribution in [3.05, 3.63) is 29.6 Å². The van der Waals surface area contributed by atoms with Crippen LogP contribution >= 0.6 is 11.6 Å². The molecule has 3 heteroatoms. The van der Waals surface area contributed by atoms with E-state index in [9.17, 15) is 5.11 Å². The second-order valence-corrected chi connectivity index (χ2v) is 2.74. The van der Waals surface area contributed by atoms with Gasteiger partial charge in [-0.15, -0.1) is 11.6 Å². The Balaban J connectivity index is 2.86. The van der Waals surface area contributed by atoms with Crippen molar-refractivity contribution >= 4 is 11.6 Å². The first-order chi connectivity index (χ1) is 5.24. The van der Waals surface area contributed by atoms with E-state index in [4.69, 9.17) is 11.6 Å². The van der Waals surface area contributed by atoms with E-state index in [2.05, 4.69) is 4.98 Å². The van der Waals surface area contributed by atoms with Crippen LogP contribution in [0.1, 0.15) is 17.4 Å². The number of nitrogens with zero attached hydrogens (tertiary/aromatic N) is 1. The Kier molecular flexibility index (Phi) is 2.85. The fraction of sp³-hybridized carbons (Fsp3) is 0.375. The maximum atomic E-state index is 9.26. The van der Waals surface area contributed by atoms with Crippen LogP contribution in [0.3, 0.4) is 0 Å². The molecule has 1 heterocycles. The van der Waals surface area contributed by atoms with Crippen molar-refractivity contribution in [2.24, 2.45) is 0 Å². The molecule has 0 amide bonds. The maximum absolute atomic E-state index is 9.26. The van der Waals surface area contributed by atoms with Crippen LogP contribution in [0.2, 0.25) is 0 Å². The predicted octanol–water partition coefficient (Wildman–Crippen LogP) is 1.66. The average molecular weight is 172 g/mol. The molecule has 0 aliphatic carbocycles. The van der Waals surface area contributed by atoms with Crippen LogP contribution in [-0.2, 0) is 0 Å². The van der Waals surface area contributed by atoms with Gasteiger partial charge >= 0.3 is 0 Å². The third kappa shape index (κ3) is 2.17. The highest BCUT2D eigenvalue weighted by molar-refractivity contribution is 6.18. The van der Waals surface area contributed by atoms with Gasteiger partial charge in [-0.2, -0.15) is 0 Å². The second kappa shape index (κ2) is 3.69. The summed E-state index contributed by atoms with van der Waals surface area (Å²) < 4.78 is 0. The second-order valence-electron chi connectivity index (χ2n) is 2.43. The lowest BCUT2D eigenvalue weighted by molar-refractivity contribution is 0.197. The summed E-state index contributed by atoms with van der Waals surface area (Å²) in [7, 11) is 0.